The molecule has 3 N–H and O–H groups in total. The highest BCUT2D eigenvalue weighted by molar-refractivity contribution is 7.89. The van der Waals surface area contributed by atoms with Crippen LogP contribution in [0.3, 0.4) is 0 Å². The molecule has 0 aromatic heterocycles. The number of sulfonamides is 1. The Hall–Kier alpha value is -2.29. The standard InChI is InChI=1S/C24H33NO6S/c1-32(30,31)25-24(29)12-8-3-2-7-11-20-21(23(28)17-22(20)27)16-15-19(26)14-13-18-9-5-4-6-10-18/h2,4-7,9-10,15-16,19-21,23,26,28H,3,8,11-14,17H2,1H3,(H,25,29)/b7-2-,16-15+/t19-,20+,21?,23+/m0/s1. The monoisotopic (exact) mass is 463 g/mol. The Morgan fingerprint density at radius 2 is 1.97 bits per heavy atom. The molecule has 1 saturated carbocycles. The highest BCUT2D eigenvalue weighted by Gasteiger charge is 2.39. The summed E-state index contributed by atoms with van der Waals surface area (Å²) in [5, 5.41) is 20.5. The van der Waals surface area contributed by atoms with Crippen LogP contribution in [-0.4, -0.2) is 48.8 Å². The molecule has 4 atom stereocenters. The van der Waals surface area contributed by atoms with Crippen LogP contribution in [-0.2, 0) is 26.0 Å². The van der Waals surface area contributed by atoms with Crippen molar-refractivity contribution in [3.05, 3.63) is 60.2 Å². The fourth-order valence-electron chi connectivity index (χ4n) is 3.84. The number of aliphatic hydroxyl groups excluding tert-OH is 2. The second-order valence-electron chi connectivity index (χ2n) is 8.29. The molecular weight excluding hydrogens is 430 g/mol. The zero-order valence-corrected chi connectivity index (χ0v) is 19.2. The number of carbonyl (C=O) groups is 2. The van der Waals surface area contributed by atoms with E-state index in [-0.39, 0.29) is 30.5 Å². The normalized spacial score (nSPS) is 22.6. The topological polar surface area (TPSA) is 121 Å². The van der Waals surface area contributed by atoms with E-state index in [0.717, 1.165) is 18.2 Å². The van der Waals surface area contributed by atoms with E-state index < -0.39 is 28.1 Å². The van der Waals surface area contributed by atoms with Crippen LogP contribution in [0.2, 0.25) is 0 Å². The summed E-state index contributed by atoms with van der Waals surface area (Å²) in [6, 6.07) is 9.89. The lowest BCUT2D eigenvalue weighted by Gasteiger charge is -2.16. The van der Waals surface area contributed by atoms with Gasteiger partial charge < -0.3 is 10.2 Å². The number of unbranched alkanes of at least 4 members (excludes halogenated alkanes) is 1. The summed E-state index contributed by atoms with van der Waals surface area (Å²) < 4.78 is 23.9. The molecule has 8 heteroatoms. The van der Waals surface area contributed by atoms with Crippen molar-refractivity contribution in [3.63, 3.8) is 0 Å². The number of allylic oxidation sites excluding steroid dienone is 2. The van der Waals surface area contributed by atoms with E-state index in [0.29, 0.717) is 25.7 Å². The lowest BCUT2D eigenvalue weighted by molar-refractivity contribution is -0.121. The van der Waals surface area contributed by atoms with E-state index in [1.54, 1.807) is 12.2 Å². The fraction of sp³-hybridized carbons (Fsp3) is 0.500. The Bertz CT molecular complexity index is 910. The van der Waals surface area contributed by atoms with Crippen molar-refractivity contribution in [2.75, 3.05) is 6.26 Å². The molecular formula is C24H33NO6S. The second kappa shape index (κ2) is 12.7. The summed E-state index contributed by atoms with van der Waals surface area (Å²) >= 11 is 0. The van der Waals surface area contributed by atoms with Crippen LogP contribution in [0.15, 0.2) is 54.6 Å². The van der Waals surface area contributed by atoms with Gasteiger partial charge in [0.2, 0.25) is 15.9 Å². The number of aliphatic hydroxyl groups is 2. The lowest BCUT2D eigenvalue weighted by atomic mass is 9.90. The molecule has 1 aromatic rings. The van der Waals surface area contributed by atoms with Gasteiger partial charge in [0.1, 0.15) is 5.78 Å². The molecule has 32 heavy (non-hydrogen) atoms. The third kappa shape index (κ3) is 9.46. The quantitative estimate of drug-likeness (QED) is 0.323. The molecule has 1 fully saturated rings. The zero-order valence-electron chi connectivity index (χ0n) is 18.4. The van der Waals surface area contributed by atoms with Crippen molar-refractivity contribution in [3.8, 4) is 0 Å². The zero-order chi connectivity index (χ0) is 23.6. The third-order valence-electron chi connectivity index (χ3n) is 5.49. The molecule has 0 radical (unpaired) electrons. The van der Waals surface area contributed by atoms with Crippen molar-refractivity contribution >= 4 is 21.7 Å². The van der Waals surface area contributed by atoms with E-state index in [2.05, 4.69) is 0 Å². The molecule has 0 spiro atoms. The number of ketones is 1. The van der Waals surface area contributed by atoms with E-state index in [9.17, 15) is 28.2 Å². The first-order chi connectivity index (χ1) is 15.2. The van der Waals surface area contributed by atoms with Crippen LogP contribution in [0.4, 0.5) is 0 Å². The van der Waals surface area contributed by atoms with Crippen molar-refractivity contribution in [2.24, 2.45) is 11.8 Å². The number of rotatable bonds is 12. The number of benzene rings is 1. The number of hydrogen-bond acceptors (Lipinski definition) is 6. The van der Waals surface area contributed by atoms with Crippen LogP contribution in [0.25, 0.3) is 0 Å². The first-order valence-corrected chi connectivity index (χ1v) is 12.8. The predicted octanol–water partition coefficient (Wildman–Crippen LogP) is 2.29. The highest BCUT2D eigenvalue weighted by atomic mass is 32.2. The van der Waals surface area contributed by atoms with E-state index in [1.165, 1.54) is 0 Å². The van der Waals surface area contributed by atoms with Crippen LogP contribution < -0.4 is 4.72 Å². The van der Waals surface area contributed by atoms with Gasteiger partial charge in [-0.2, -0.15) is 0 Å². The Morgan fingerprint density at radius 1 is 1.25 bits per heavy atom. The molecule has 176 valence electrons. The predicted molar refractivity (Wildman–Crippen MR) is 123 cm³/mol. The summed E-state index contributed by atoms with van der Waals surface area (Å²) in [6.07, 6.45) is 9.77. The average molecular weight is 464 g/mol. The van der Waals surface area contributed by atoms with Crippen molar-refractivity contribution in [1.29, 1.82) is 0 Å². The molecule has 1 aromatic carbocycles. The maximum Gasteiger partial charge on any atom is 0.233 e. The highest BCUT2D eigenvalue weighted by Crippen LogP contribution is 2.33. The van der Waals surface area contributed by atoms with Crippen LogP contribution >= 0.6 is 0 Å². The summed E-state index contributed by atoms with van der Waals surface area (Å²) in [5.74, 6) is -1.21. The number of carbonyl (C=O) groups excluding carboxylic acids is 2. The summed E-state index contributed by atoms with van der Waals surface area (Å²) in [6.45, 7) is 0. The largest absolute Gasteiger partial charge is 0.392 e. The first-order valence-electron chi connectivity index (χ1n) is 10.9. The first kappa shape index (κ1) is 26.0. The maximum absolute atomic E-state index is 12.3. The molecule has 2 rings (SSSR count). The van der Waals surface area contributed by atoms with E-state index in [1.807, 2.05) is 47.2 Å². The van der Waals surface area contributed by atoms with Crippen molar-refractivity contribution in [1.82, 2.24) is 4.72 Å². The summed E-state index contributed by atoms with van der Waals surface area (Å²) in [5.41, 5.74) is 1.15. The fourth-order valence-corrected chi connectivity index (χ4v) is 4.35. The minimum absolute atomic E-state index is 0.00288. The van der Waals surface area contributed by atoms with Gasteiger partial charge >= 0.3 is 0 Å². The van der Waals surface area contributed by atoms with Crippen molar-refractivity contribution < 1.29 is 28.2 Å². The van der Waals surface area contributed by atoms with E-state index in [4.69, 9.17) is 0 Å². The number of aryl methyl sites for hydroxylation is 1. The molecule has 0 heterocycles. The Morgan fingerprint density at radius 3 is 2.66 bits per heavy atom. The molecule has 1 unspecified atom stereocenters. The Labute approximate surface area is 190 Å². The average Bonchev–Trinajstić information content (AvgIpc) is 2.99. The van der Waals surface area contributed by atoms with E-state index >= 15 is 0 Å². The van der Waals surface area contributed by atoms with Gasteiger partial charge in [0, 0.05) is 24.7 Å². The molecule has 1 aliphatic rings. The van der Waals surface area contributed by atoms with Gasteiger partial charge in [0.25, 0.3) is 0 Å². The van der Waals surface area contributed by atoms with Crippen LogP contribution in [0.1, 0.15) is 44.1 Å². The van der Waals surface area contributed by atoms with Crippen LogP contribution in [0.5, 0.6) is 0 Å². The van der Waals surface area contributed by atoms with Gasteiger partial charge in [-0.1, -0.05) is 54.6 Å². The molecule has 0 bridgehead atoms. The van der Waals surface area contributed by atoms with Gasteiger partial charge in [-0.15, -0.1) is 0 Å². The summed E-state index contributed by atoms with van der Waals surface area (Å²) in [4.78, 5) is 23.8. The second-order valence-corrected chi connectivity index (χ2v) is 10.0. The van der Waals surface area contributed by atoms with Gasteiger partial charge in [-0.25, -0.2) is 8.42 Å². The Kier molecular flexibility index (Phi) is 10.3. The van der Waals surface area contributed by atoms with Gasteiger partial charge in [0.05, 0.1) is 18.5 Å². The number of nitrogens with one attached hydrogen (secondary N) is 1. The molecule has 0 aliphatic heterocycles. The molecule has 7 nitrogen and oxygen atoms in total. The minimum Gasteiger partial charge on any atom is -0.392 e. The minimum atomic E-state index is -3.53. The SMILES string of the molecule is CS(=O)(=O)NC(=O)CCC/C=C\C[C@H]1C(=O)C[C@@H](O)C1/C=C/[C@@H](O)CCc1ccccc1. The van der Waals surface area contributed by atoms with Crippen LogP contribution in [0, 0.1) is 11.8 Å². The molecule has 0 saturated heterocycles. The smallest absolute Gasteiger partial charge is 0.233 e. The van der Waals surface area contributed by atoms with Crippen molar-refractivity contribution in [2.45, 2.75) is 57.2 Å². The number of Topliss-reactive ketones (excluding diaryl/α,β-unsaturated/α-hetero) is 1. The van der Waals surface area contributed by atoms with Gasteiger partial charge in [0.15, 0.2) is 0 Å². The Balaban J connectivity index is 1.78. The lowest BCUT2D eigenvalue weighted by Crippen LogP contribution is -2.28. The third-order valence-corrected chi connectivity index (χ3v) is 6.09. The molecule has 1 aliphatic carbocycles. The van der Waals surface area contributed by atoms with Gasteiger partial charge in [-0.3, -0.25) is 14.3 Å². The number of hydrogen-bond donors (Lipinski definition) is 3. The summed E-state index contributed by atoms with van der Waals surface area (Å²) in [7, 11) is -3.53. The van der Waals surface area contributed by atoms with Gasteiger partial charge in [-0.05, 0) is 37.7 Å². The maximum atomic E-state index is 12.3. The molecule has 1 amide bonds. The number of amides is 1.